The molecule has 1 unspecified atom stereocenters. The van der Waals surface area contributed by atoms with E-state index >= 15 is 0 Å². The third kappa shape index (κ3) is 4.26. The minimum absolute atomic E-state index is 0.0519. The van der Waals surface area contributed by atoms with Crippen molar-refractivity contribution in [2.75, 3.05) is 6.54 Å². The summed E-state index contributed by atoms with van der Waals surface area (Å²) in [4.78, 5) is 28.1. The van der Waals surface area contributed by atoms with Gasteiger partial charge in [-0.15, -0.1) is 0 Å². The van der Waals surface area contributed by atoms with Crippen molar-refractivity contribution in [2.45, 2.75) is 32.1 Å². The topological polar surface area (TPSA) is 92.4 Å². The summed E-state index contributed by atoms with van der Waals surface area (Å²) in [5.74, 6) is -1.93. The van der Waals surface area contributed by atoms with Gasteiger partial charge in [0.1, 0.15) is 17.9 Å². The number of carbonyl (C=O) groups is 2. The molecule has 0 bridgehead atoms. The van der Waals surface area contributed by atoms with Crippen LogP contribution in [0.2, 0.25) is 0 Å². The van der Waals surface area contributed by atoms with E-state index in [0.717, 1.165) is 36.9 Å². The number of aliphatic carboxylic acids is 1. The summed E-state index contributed by atoms with van der Waals surface area (Å²) < 4.78 is 5.43. The SMILES string of the molecule is O=C(O)C(C(=O)NCCc1nc(-c2ccccc2)co1)C1CCCC1. The fourth-order valence-corrected chi connectivity index (χ4v) is 3.39. The quantitative estimate of drug-likeness (QED) is 0.755. The van der Waals surface area contributed by atoms with E-state index in [-0.39, 0.29) is 5.92 Å². The van der Waals surface area contributed by atoms with Gasteiger partial charge < -0.3 is 14.8 Å². The zero-order valence-corrected chi connectivity index (χ0v) is 14.0. The van der Waals surface area contributed by atoms with E-state index in [0.29, 0.717) is 18.9 Å². The highest BCUT2D eigenvalue weighted by molar-refractivity contribution is 5.97. The lowest BCUT2D eigenvalue weighted by atomic mass is 9.90. The number of benzene rings is 1. The standard InChI is InChI=1S/C19H22N2O4/c22-18(17(19(23)24)14-8-4-5-9-14)20-11-10-16-21-15(12-25-16)13-6-2-1-3-7-13/h1-3,6-7,12,14,17H,4-5,8-11H2,(H,20,22)(H,23,24). The molecule has 6 nitrogen and oxygen atoms in total. The van der Waals surface area contributed by atoms with Crippen molar-refractivity contribution in [3.63, 3.8) is 0 Å². The first kappa shape index (κ1) is 17.2. The van der Waals surface area contributed by atoms with E-state index in [4.69, 9.17) is 4.42 Å². The van der Waals surface area contributed by atoms with Crippen LogP contribution in [0, 0.1) is 11.8 Å². The molecule has 0 radical (unpaired) electrons. The first-order valence-electron chi connectivity index (χ1n) is 8.65. The molecule has 6 heteroatoms. The Morgan fingerprint density at radius 2 is 1.96 bits per heavy atom. The number of aromatic nitrogens is 1. The van der Waals surface area contributed by atoms with Crippen molar-refractivity contribution in [1.82, 2.24) is 10.3 Å². The number of hydrogen-bond donors (Lipinski definition) is 2. The van der Waals surface area contributed by atoms with E-state index < -0.39 is 17.8 Å². The molecule has 1 aliphatic rings. The number of carbonyl (C=O) groups excluding carboxylic acids is 1. The number of nitrogens with zero attached hydrogens (tertiary/aromatic N) is 1. The second-order valence-corrected chi connectivity index (χ2v) is 6.39. The highest BCUT2D eigenvalue weighted by Gasteiger charge is 2.36. The van der Waals surface area contributed by atoms with Gasteiger partial charge in [0.05, 0.1) is 0 Å². The Bertz CT molecular complexity index is 720. The number of oxazole rings is 1. The summed E-state index contributed by atoms with van der Waals surface area (Å²) in [7, 11) is 0. The molecular formula is C19H22N2O4. The van der Waals surface area contributed by atoms with Crippen LogP contribution in [-0.2, 0) is 16.0 Å². The maximum absolute atomic E-state index is 12.2. The second-order valence-electron chi connectivity index (χ2n) is 6.39. The average molecular weight is 342 g/mol. The second kappa shape index (κ2) is 7.96. The fourth-order valence-electron chi connectivity index (χ4n) is 3.39. The van der Waals surface area contributed by atoms with Gasteiger partial charge in [0, 0.05) is 18.5 Å². The normalized spacial score (nSPS) is 15.8. The summed E-state index contributed by atoms with van der Waals surface area (Å²) in [5.41, 5.74) is 1.71. The molecular weight excluding hydrogens is 320 g/mol. The van der Waals surface area contributed by atoms with E-state index in [9.17, 15) is 14.7 Å². The van der Waals surface area contributed by atoms with Gasteiger partial charge in [-0.3, -0.25) is 9.59 Å². The summed E-state index contributed by atoms with van der Waals surface area (Å²) in [6, 6.07) is 9.69. The van der Waals surface area contributed by atoms with Gasteiger partial charge in [0.15, 0.2) is 5.89 Å². The molecule has 1 aliphatic carbocycles. The van der Waals surface area contributed by atoms with Crippen LogP contribution in [0.4, 0.5) is 0 Å². The van der Waals surface area contributed by atoms with Gasteiger partial charge in [-0.1, -0.05) is 43.2 Å². The maximum Gasteiger partial charge on any atom is 0.316 e. The third-order valence-electron chi connectivity index (χ3n) is 4.68. The molecule has 0 spiro atoms. The van der Waals surface area contributed by atoms with Gasteiger partial charge >= 0.3 is 5.97 Å². The minimum atomic E-state index is -1.04. The van der Waals surface area contributed by atoms with Crippen molar-refractivity contribution in [3.05, 3.63) is 42.5 Å². The highest BCUT2D eigenvalue weighted by atomic mass is 16.4. The first-order valence-corrected chi connectivity index (χ1v) is 8.65. The predicted octanol–water partition coefficient (Wildman–Crippen LogP) is 2.89. The van der Waals surface area contributed by atoms with Crippen LogP contribution in [0.5, 0.6) is 0 Å². The number of hydrogen-bond acceptors (Lipinski definition) is 4. The smallest absolute Gasteiger partial charge is 0.316 e. The molecule has 1 aromatic carbocycles. The van der Waals surface area contributed by atoms with Gasteiger partial charge in [-0.25, -0.2) is 4.98 Å². The monoisotopic (exact) mass is 342 g/mol. The molecule has 132 valence electrons. The molecule has 1 aromatic heterocycles. The Hall–Kier alpha value is -2.63. The van der Waals surface area contributed by atoms with Crippen LogP contribution in [0.1, 0.15) is 31.6 Å². The van der Waals surface area contributed by atoms with Gasteiger partial charge in [-0.05, 0) is 18.8 Å². The molecule has 1 atom stereocenters. The molecule has 2 aromatic rings. The van der Waals surface area contributed by atoms with Crippen molar-refractivity contribution < 1.29 is 19.1 Å². The van der Waals surface area contributed by atoms with Crippen molar-refractivity contribution >= 4 is 11.9 Å². The Morgan fingerprint density at radius 3 is 2.64 bits per heavy atom. The number of rotatable bonds is 7. The van der Waals surface area contributed by atoms with E-state index in [2.05, 4.69) is 10.3 Å². The fraction of sp³-hybridized carbons (Fsp3) is 0.421. The van der Waals surface area contributed by atoms with Gasteiger partial charge in [0.25, 0.3) is 0 Å². The molecule has 3 rings (SSSR count). The molecule has 25 heavy (non-hydrogen) atoms. The Balaban J connectivity index is 1.53. The number of nitrogens with one attached hydrogen (secondary N) is 1. The van der Waals surface area contributed by atoms with Crippen LogP contribution in [0.3, 0.4) is 0 Å². The Morgan fingerprint density at radius 1 is 1.24 bits per heavy atom. The molecule has 2 N–H and O–H groups in total. The predicted molar refractivity (Wildman–Crippen MR) is 91.7 cm³/mol. The molecule has 1 amide bonds. The number of amides is 1. The average Bonchev–Trinajstić information content (AvgIpc) is 3.28. The molecule has 1 fully saturated rings. The lowest BCUT2D eigenvalue weighted by Crippen LogP contribution is -2.40. The van der Waals surface area contributed by atoms with Gasteiger partial charge in [-0.2, -0.15) is 0 Å². The van der Waals surface area contributed by atoms with Crippen LogP contribution < -0.4 is 5.32 Å². The molecule has 0 aliphatic heterocycles. The van der Waals surface area contributed by atoms with E-state index in [1.165, 1.54) is 0 Å². The maximum atomic E-state index is 12.2. The largest absolute Gasteiger partial charge is 0.481 e. The zero-order valence-electron chi connectivity index (χ0n) is 14.0. The third-order valence-corrected chi connectivity index (χ3v) is 4.68. The number of carboxylic acids is 1. The van der Waals surface area contributed by atoms with E-state index in [1.54, 1.807) is 6.26 Å². The lowest BCUT2D eigenvalue weighted by molar-refractivity contribution is -0.149. The zero-order chi connectivity index (χ0) is 17.6. The van der Waals surface area contributed by atoms with Crippen LogP contribution in [0.25, 0.3) is 11.3 Å². The summed E-state index contributed by atoms with van der Waals surface area (Å²) >= 11 is 0. The lowest BCUT2D eigenvalue weighted by Gasteiger charge is -2.18. The highest BCUT2D eigenvalue weighted by Crippen LogP contribution is 2.31. The minimum Gasteiger partial charge on any atom is -0.481 e. The molecule has 1 saturated carbocycles. The van der Waals surface area contributed by atoms with Crippen LogP contribution in [0.15, 0.2) is 41.0 Å². The summed E-state index contributed by atoms with van der Waals surface area (Å²) in [5, 5.41) is 12.1. The van der Waals surface area contributed by atoms with Gasteiger partial charge in [0.2, 0.25) is 5.91 Å². The van der Waals surface area contributed by atoms with E-state index in [1.807, 2.05) is 30.3 Å². The first-order chi connectivity index (χ1) is 12.1. The van der Waals surface area contributed by atoms with Crippen molar-refractivity contribution in [3.8, 4) is 11.3 Å². The van der Waals surface area contributed by atoms with Crippen LogP contribution >= 0.6 is 0 Å². The number of carboxylic acid groups (broad SMARTS) is 1. The summed E-state index contributed by atoms with van der Waals surface area (Å²) in [6.07, 6.45) is 5.64. The van der Waals surface area contributed by atoms with Crippen molar-refractivity contribution in [2.24, 2.45) is 11.8 Å². The molecule has 1 heterocycles. The Kier molecular flexibility index (Phi) is 5.48. The Labute approximate surface area is 146 Å². The molecule has 0 saturated heterocycles. The summed E-state index contributed by atoms with van der Waals surface area (Å²) in [6.45, 7) is 0.310. The van der Waals surface area contributed by atoms with Crippen LogP contribution in [-0.4, -0.2) is 28.5 Å². The van der Waals surface area contributed by atoms with Crippen molar-refractivity contribution in [1.29, 1.82) is 0 Å².